The predicted molar refractivity (Wildman–Crippen MR) is 99.7 cm³/mol. The van der Waals surface area contributed by atoms with Gasteiger partial charge in [-0.05, 0) is 52.5 Å². The SMILES string of the molecule is O=C(NCc1ccccc1)c1cc(S(=O)(=O)N2CCCC2)ccc1Br. The minimum absolute atomic E-state index is 0.155. The number of sulfonamides is 1. The molecule has 1 heterocycles. The van der Waals surface area contributed by atoms with E-state index in [1.807, 2.05) is 30.3 Å². The highest BCUT2D eigenvalue weighted by atomic mass is 79.9. The lowest BCUT2D eigenvalue weighted by Crippen LogP contribution is -2.28. The van der Waals surface area contributed by atoms with Crippen LogP contribution in [0.4, 0.5) is 0 Å². The summed E-state index contributed by atoms with van der Waals surface area (Å²) in [5.74, 6) is -0.311. The van der Waals surface area contributed by atoms with Gasteiger partial charge in [0.15, 0.2) is 0 Å². The van der Waals surface area contributed by atoms with E-state index >= 15 is 0 Å². The van der Waals surface area contributed by atoms with Crippen molar-refractivity contribution in [2.24, 2.45) is 0 Å². The summed E-state index contributed by atoms with van der Waals surface area (Å²) in [6, 6.07) is 14.1. The molecule has 1 aliphatic rings. The standard InChI is InChI=1S/C18H19BrN2O3S/c19-17-9-8-15(25(23,24)21-10-4-5-11-21)12-16(17)18(22)20-13-14-6-2-1-3-7-14/h1-3,6-9,12H,4-5,10-11,13H2,(H,20,22). The average Bonchev–Trinajstić information content (AvgIpc) is 3.16. The van der Waals surface area contributed by atoms with Crippen molar-refractivity contribution in [1.82, 2.24) is 9.62 Å². The quantitative estimate of drug-likeness (QED) is 0.804. The van der Waals surface area contributed by atoms with Crippen LogP contribution in [0.15, 0.2) is 57.9 Å². The second kappa shape index (κ2) is 7.68. The lowest BCUT2D eigenvalue weighted by atomic mass is 10.2. The summed E-state index contributed by atoms with van der Waals surface area (Å²) in [6.07, 6.45) is 1.75. The summed E-state index contributed by atoms with van der Waals surface area (Å²) < 4.78 is 27.4. The molecule has 7 heteroatoms. The number of carbonyl (C=O) groups excluding carboxylic acids is 1. The topological polar surface area (TPSA) is 66.5 Å². The Kier molecular flexibility index (Phi) is 5.56. The monoisotopic (exact) mass is 422 g/mol. The molecule has 132 valence electrons. The van der Waals surface area contributed by atoms with Gasteiger partial charge in [0.25, 0.3) is 5.91 Å². The Balaban J connectivity index is 1.80. The molecule has 0 spiro atoms. The molecule has 25 heavy (non-hydrogen) atoms. The molecule has 0 saturated carbocycles. The summed E-state index contributed by atoms with van der Waals surface area (Å²) >= 11 is 3.34. The van der Waals surface area contributed by atoms with Crippen molar-refractivity contribution >= 4 is 31.9 Å². The maximum absolute atomic E-state index is 12.7. The van der Waals surface area contributed by atoms with Crippen LogP contribution >= 0.6 is 15.9 Å². The van der Waals surface area contributed by atoms with E-state index in [9.17, 15) is 13.2 Å². The zero-order valence-electron chi connectivity index (χ0n) is 13.6. The first-order valence-electron chi connectivity index (χ1n) is 8.10. The lowest BCUT2D eigenvalue weighted by Gasteiger charge is -2.16. The van der Waals surface area contributed by atoms with Crippen LogP contribution in [-0.4, -0.2) is 31.7 Å². The largest absolute Gasteiger partial charge is 0.348 e. The van der Waals surface area contributed by atoms with Crippen molar-refractivity contribution in [1.29, 1.82) is 0 Å². The van der Waals surface area contributed by atoms with E-state index in [0.29, 0.717) is 29.7 Å². The number of rotatable bonds is 5. The van der Waals surface area contributed by atoms with Gasteiger partial charge >= 0.3 is 0 Å². The van der Waals surface area contributed by atoms with E-state index in [2.05, 4.69) is 21.2 Å². The van der Waals surface area contributed by atoms with Gasteiger partial charge in [-0.3, -0.25) is 4.79 Å². The van der Waals surface area contributed by atoms with Gasteiger partial charge < -0.3 is 5.32 Å². The van der Waals surface area contributed by atoms with Gasteiger partial charge in [-0.2, -0.15) is 4.31 Å². The summed E-state index contributed by atoms with van der Waals surface area (Å²) in [6.45, 7) is 1.46. The number of nitrogens with one attached hydrogen (secondary N) is 1. The number of carbonyl (C=O) groups is 1. The van der Waals surface area contributed by atoms with Crippen LogP contribution in [0.5, 0.6) is 0 Å². The van der Waals surface area contributed by atoms with Crippen molar-refractivity contribution in [3.8, 4) is 0 Å². The van der Waals surface area contributed by atoms with Crippen molar-refractivity contribution in [2.45, 2.75) is 24.3 Å². The average molecular weight is 423 g/mol. The van der Waals surface area contributed by atoms with E-state index in [1.165, 1.54) is 16.4 Å². The summed E-state index contributed by atoms with van der Waals surface area (Å²) in [5, 5.41) is 2.83. The molecule has 3 rings (SSSR count). The first-order valence-corrected chi connectivity index (χ1v) is 10.3. The molecule has 0 unspecified atom stereocenters. The third-order valence-corrected chi connectivity index (χ3v) is 6.77. The Labute approximate surface area is 156 Å². The molecule has 1 N–H and O–H groups in total. The smallest absolute Gasteiger partial charge is 0.252 e. The van der Waals surface area contributed by atoms with Gasteiger partial charge in [-0.1, -0.05) is 30.3 Å². The van der Waals surface area contributed by atoms with Crippen LogP contribution in [0.2, 0.25) is 0 Å². The zero-order chi connectivity index (χ0) is 17.9. The minimum atomic E-state index is -3.55. The number of amides is 1. The van der Waals surface area contributed by atoms with Gasteiger partial charge in [0, 0.05) is 24.1 Å². The minimum Gasteiger partial charge on any atom is -0.348 e. The Morgan fingerprint density at radius 2 is 1.76 bits per heavy atom. The van der Waals surface area contributed by atoms with Crippen molar-refractivity contribution < 1.29 is 13.2 Å². The number of benzene rings is 2. The number of halogens is 1. The van der Waals surface area contributed by atoms with Crippen LogP contribution in [0.3, 0.4) is 0 Å². The summed E-state index contributed by atoms with van der Waals surface area (Å²) in [5.41, 5.74) is 1.30. The molecule has 1 amide bonds. The van der Waals surface area contributed by atoms with Crippen LogP contribution in [-0.2, 0) is 16.6 Å². The molecule has 0 aliphatic carbocycles. The van der Waals surface area contributed by atoms with Crippen LogP contribution in [0.1, 0.15) is 28.8 Å². The normalized spacial score (nSPS) is 15.2. The van der Waals surface area contributed by atoms with E-state index in [1.54, 1.807) is 6.07 Å². The fourth-order valence-corrected chi connectivity index (χ4v) is 4.76. The molecule has 0 radical (unpaired) electrons. The fraction of sp³-hybridized carbons (Fsp3) is 0.278. The molecular formula is C18H19BrN2O3S. The molecule has 1 aliphatic heterocycles. The molecule has 0 bridgehead atoms. The third kappa shape index (κ3) is 4.11. The van der Waals surface area contributed by atoms with E-state index < -0.39 is 10.0 Å². The Bertz CT molecular complexity index is 863. The summed E-state index contributed by atoms with van der Waals surface area (Å²) in [4.78, 5) is 12.6. The molecule has 1 saturated heterocycles. The molecular weight excluding hydrogens is 404 g/mol. The number of nitrogens with zero attached hydrogens (tertiary/aromatic N) is 1. The van der Waals surface area contributed by atoms with Crippen LogP contribution < -0.4 is 5.32 Å². The van der Waals surface area contributed by atoms with Crippen molar-refractivity contribution in [3.05, 3.63) is 64.1 Å². The highest BCUT2D eigenvalue weighted by molar-refractivity contribution is 9.10. The van der Waals surface area contributed by atoms with E-state index in [-0.39, 0.29) is 10.8 Å². The Morgan fingerprint density at radius 1 is 1.08 bits per heavy atom. The third-order valence-electron chi connectivity index (χ3n) is 4.18. The Hall–Kier alpha value is -1.70. The van der Waals surface area contributed by atoms with Gasteiger partial charge in [0.2, 0.25) is 10.0 Å². The van der Waals surface area contributed by atoms with Crippen LogP contribution in [0, 0.1) is 0 Å². The first-order chi connectivity index (χ1) is 12.0. The number of hydrogen-bond acceptors (Lipinski definition) is 3. The summed E-state index contributed by atoms with van der Waals surface area (Å²) in [7, 11) is -3.55. The van der Waals surface area contributed by atoms with Gasteiger partial charge in [-0.25, -0.2) is 8.42 Å². The second-order valence-electron chi connectivity index (χ2n) is 5.92. The molecule has 2 aromatic carbocycles. The maximum Gasteiger partial charge on any atom is 0.252 e. The van der Waals surface area contributed by atoms with E-state index in [4.69, 9.17) is 0 Å². The van der Waals surface area contributed by atoms with Crippen LogP contribution in [0.25, 0.3) is 0 Å². The Morgan fingerprint density at radius 3 is 2.44 bits per heavy atom. The fourth-order valence-electron chi connectivity index (χ4n) is 2.79. The highest BCUT2D eigenvalue weighted by Gasteiger charge is 2.28. The van der Waals surface area contributed by atoms with Gasteiger partial charge in [0.1, 0.15) is 0 Å². The zero-order valence-corrected chi connectivity index (χ0v) is 16.0. The van der Waals surface area contributed by atoms with Gasteiger partial charge in [-0.15, -0.1) is 0 Å². The second-order valence-corrected chi connectivity index (χ2v) is 8.71. The predicted octanol–water partition coefficient (Wildman–Crippen LogP) is 3.16. The molecule has 5 nitrogen and oxygen atoms in total. The maximum atomic E-state index is 12.7. The first kappa shape index (κ1) is 18.1. The molecule has 0 atom stereocenters. The molecule has 1 fully saturated rings. The molecule has 2 aromatic rings. The molecule has 0 aromatic heterocycles. The van der Waals surface area contributed by atoms with Crippen molar-refractivity contribution in [3.63, 3.8) is 0 Å². The van der Waals surface area contributed by atoms with Crippen molar-refractivity contribution in [2.75, 3.05) is 13.1 Å². The van der Waals surface area contributed by atoms with Gasteiger partial charge in [0.05, 0.1) is 10.5 Å². The van der Waals surface area contributed by atoms with E-state index in [0.717, 1.165) is 18.4 Å². The highest BCUT2D eigenvalue weighted by Crippen LogP contribution is 2.25. The number of hydrogen-bond donors (Lipinski definition) is 1. The lowest BCUT2D eigenvalue weighted by molar-refractivity contribution is 0.0950.